The fourth-order valence-electron chi connectivity index (χ4n) is 1.88. The molecule has 0 bridgehead atoms. The van der Waals surface area contributed by atoms with Gasteiger partial charge in [-0.05, 0) is 23.1 Å². The van der Waals surface area contributed by atoms with Gasteiger partial charge in [0.2, 0.25) is 5.91 Å². The number of carbonyl (C=O) groups excluding carboxylic acids is 1. The Morgan fingerprint density at radius 2 is 1.56 bits per heavy atom. The molecule has 0 aromatic heterocycles. The molecule has 2 rings (SSSR count). The van der Waals surface area contributed by atoms with E-state index in [-0.39, 0.29) is 5.91 Å². The molecule has 0 saturated heterocycles. The maximum Gasteiger partial charge on any atom is 0.220 e. The first-order chi connectivity index (χ1) is 8.79. The SMILES string of the molecule is CNC(=O)CCc1ccc(-c2ccccc2)cc1. The second kappa shape index (κ2) is 6.01. The summed E-state index contributed by atoms with van der Waals surface area (Å²) in [5.41, 5.74) is 3.62. The predicted octanol–water partition coefficient (Wildman–Crippen LogP) is 3.03. The van der Waals surface area contributed by atoms with E-state index in [9.17, 15) is 4.79 Å². The van der Waals surface area contributed by atoms with Gasteiger partial charge in [0.1, 0.15) is 0 Å². The standard InChI is InChI=1S/C16H17NO/c1-17-16(18)12-9-13-7-10-15(11-8-13)14-5-3-2-4-6-14/h2-8,10-11H,9,12H2,1H3,(H,17,18). The molecule has 0 atom stereocenters. The third kappa shape index (κ3) is 3.20. The number of nitrogens with one attached hydrogen (secondary N) is 1. The Bertz CT molecular complexity index is 502. The Labute approximate surface area is 108 Å². The molecule has 0 aliphatic carbocycles. The molecule has 1 amide bonds. The third-order valence-electron chi connectivity index (χ3n) is 2.98. The molecule has 2 heteroatoms. The van der Waals surface area contributed by atoms with Crippen LogP contribution in [-0.4, -0.2) is 13.0 Å². The minimum absolute atomic E-state index is 0.0853. The Morgan fingerprint density at radius 3 is 2.17 bits per heavy atom. The number of benzene rings is 2. The van der Waals surface area contributed by atoms with E-state index in [1.54, 1.807) is 7.05 Å². The van der Waals surface area contributed by atoms with Gasteiger partial charge in [-0.15, -0.1) is 0 Å². The van der Waals surface area contributed by atoms with Gasteiger partial charge in [0.05, 0.1) is 0 Å². The molecular formula is C16H17NO. The summed E-state index contributed by atoms with van der Waals surface area (Å²) < 4.78 is 0. The summed E-state index contributed by atoms with van der Waals surface area (Å²) in [6.07, 6.45) is 1.33. The van der Waals surface area contributed by atoms with Crippen LogP contribution in [0.5, 0.6) is 0 Å². The minimum Gasteiger partial charge on any atom is -0.359 e. The Hall–Kier alpha value is -2.09. The smallest absolute Gasteiger partial charge is 0.220 e. The van der Waals surface area contributed by atoms with Crippen molar-refractivity contribution in [1.29, 1.82) is 0 Å². The average Bonchev–Trinajstić information content (AvgIpc) is 2.46. The van der Waals surface area contributed by atoms with Crippen molar-refractivity contribution < 1.29 is 4.79 Å². The summed E-state index contributed by atoms with van der Waals surface area (Å²) in [6, 6.07) is 18.7. The van der Waals surface area contributed by atoms with E-state index >= 15 is 0 Å². The number of hydrogen-bond donors (Lipinski definition) is 1. The quantitative estimate of drug-likeness (QED) is 0.873. The maximum atomic E-state index is 11.2. The van der Waals surface area contributed by atoms with Crippen LogP contribution in [0.15, 0.2) is 54.6 Å². The van der Waals surface area contributed by atoms with Crippen LogP contribution in [0.25, 0.3) is 11.1 Å². The van der Waals surface area contributed by atoms with Crippen LogP contribution in [0, 0.1) is 0 Å². The molecule has 0 unspecified atom stereocenters. The van der Waals surface area contributed by atoms with E-state index in [0.717, 1.165) is 6.42 Å². The Balaban J connectivity index is 2.04. The predicted molar refractivity (Wildman–Crippen MR) is 74.3 cm³/mol. The van der Waals surface area contributed by atoms with Crippen molar-refractivity contribution in [2.24, 2.45) is 0 Å². The summed E-state index contributed by atoms with van der Waals surface area (Å²) in [4.78, 5) is 11.2. The highest BCUT2D eigenvalue weighted by molar-refractivity contribution is 5.75. The molecular weight excluding hydrogens is 222 g/mol. The lowest BCUT2D eigenvalue weighted by molar-refractivity contribution is -0.120. The summed E-state index contributed by atoms with van der Waals surface area (Å²) in [5, 5.41) is 2.63. The number of amides is 1. The molecule has 0 fully saturated rings. The van der Waals surface area contributed by atoms with Crippen molar-refractivity contribution in [2.45, 2.75) is 12.8 Å². The van der Waals surface area contributed by atoms with Gasteiger partial charge in [0.15, 0.2) is 0 Å². The number of hydrogen-bond acceptors (Lipinski definition) is 1. The van der Waals surface area contributed by atoms with E-state index in [1.165, 1.54) is 16.7 Å². The molecule has 0 spiro atoms. The van der Waals surface area contributed by atoms with Crippen LogP contribution in [0.4, 0.5) is 0 Å². The zero-order chi connectivity index (χ0) is 12.8. The fraction of sp³-hybridized carbons (Fsp3) is 0.188. The average molecular weight is 239 g/mol. The first-order valence-electron chi connectivity index (χ1n) is 6.14. The van der Waals surface area contributed by atoms with Crippen molar-refractivity contribution in [1.82, 2.24) is 5.32 Å². The van der Waals surface area contributed by atoms with Gasteiger partial charge < -0.3 is 5.32 Å². The molecule has 0 aliphatic heterocycles. The van der Waals surface area contributed by atoms with E-state index < -0.39 is 0 Å². The lowest BCUT2D eigenvalue weighted by Crippen LogP contribution is -2.17. The summed E-state index contributed by atoms with van der Waals surface area (Å²) >= 11 is 0. The van der Waals surface area contributed by atoms with Gasteiger partial charge in [-0.2, -0.15) is 0 Å². The highest BCUT2D eigenvalue weighted by Gasteiger charge is 2.00. The topological polar surface area (TPSA) is 29.1 Å². The van der Waals surface area contributed by atoms with E-state index in [4.69, 9.17) is 0 Å². The second-order valence-corrected chi connectivity index (χ2v) is 4.24. The molecule has 0 heterocycles. The van der Waals surface area contributed by atoms with E-state index in [2.05, 4.69) is 41.7 Å². The third-order valence-corrected chi connectivity index (χ3v) is 2.98. The Morgan fingerprint density at radius 1 is 0.944 bits per heavy atom. The van der Waals surface area contributed by atoms with Gasteiger partial charge in [0.25, 0.3) is 0 Å². The van der Waals surface area contributed by atoms with Crippen LogP contribution >= 0.6 is 0 Å². The first kappa shape index (κ1) is 12.4. The van der Waals surface area contributed by atoms with Crippen molar-refractivity contribution in [3.05, 3.63) is 60.2 Å². The molecule has 2 aromatic carbocycles. The van der Waals surface area contributed by atoms with Gasteiger partial charge in [-0.3, -0.25) is 4.79 Å². The first-order valence-corrected chi connectivity index (χ1v) is 6.14. The van der Waals surface area contributed by atoms with Crippen LogP contribution in [-0.2, 0) is 11.2 Å². The highest BCUT2D eigenvalue weighted by Crippen LogP contribution is 2.19. The normalized spacial score (nSPS) is 10.1. The van der Waals surface area contributed by atoms with Crippen molar-refractivity contribution in [2.75, 3.05) is 7.05 Å². The second-order valence-electron chi connectivity index (χ2n) is 4.24. The van der Waals surface area contributed by atoms with Gasteiger partial charge >= 0.3 is 0 Å². The minimum atomic E-state index is 0.0853. The molecule has 1 N–H and O–H groups in total. The molecule has 18 heavy (non-hydrogen) atoms. The molecule has 2 nitrogen and oxygen atoms in total. The van der Waals surface area contributed by atoms with Crippen LogP contribution < -0.4 is 5.32 Å². The summed E-state index contributed by atoms with van der Waals surface area (Å²) in [6.45, 7) is 0. The highest BCUT2D eigenvalue weighted by atomic mass is 16.1. The van der Waals surface area contributed by atoms with Crippen molar-refractivity contribution in [3.63, 3.8) is 0 Å². The van der Waals surface area contributed by atoms with Crippen LogP contribution in [0.3, 0.4) is 0 Å². The number of carbonyl (C=O) groups is 1. The lowest BCUT2D eigenvalue weighted by Gasteiger charge is -2.04. The zero-order valence-corrected chi connectivity index (χ0v) is 10.5. The summed E-state index contributed by atoms with van der Waals surface area (Å²) in [5.74, 6) is 0.0853. The van der Waals surface area contributed by atoms with Crippen molar-refractivity contribution >= 4 is 5.91 Å². The maximum absolute atomic E-state index is 11.2. The summed E-state index contributed by atoms with van der Waals surface area (Å²) in [7, 11) is 1.67. The van der Waals surface area contributed by atoms with Crippen LogP contribution in [0.2, 0.25) is 0 Å². The van der Waals surface area contributed by atoms with Gasteiger partial charge in [0, 0.05) is 13.5 Å². The van der Waals surface area contributed by atoms with E-state index in [1.807, 2.05) is 18.2 Å². The fourth-order valence-corrected chi connectivity index (χ4v) is 1.88. The van der Waals surface area contributed by atoms with Crippen molar-refractivity contribution in [3.8, 4) is 11.1 Å². The molecule has 0 aliphatic rings. The molecule has 92 valence electrons. The zero-order valence-electron chi connectivity index (χ0n) is 10.5. The largest absolute Gasteiger partial charge is 0.359 e. The Kier molecular flexibility index (Phi) is 4.13. The van der Waals surface area contributed by atoms with Gasteiger partial charge in [-0.25, -0.2) is 0 Å². The lowest BCUT2D eigenvalue weighted by atomic mass is 10.0. The van der Waals surface area contributed by atoms with E-state index in [0.29, 0.717) is 6.42 Å². The molecule has 0 radical (unpaired) electrons. The van der Waals surface area contributed by atoms with Crippen LogP contribution in [0.1, 0.15) is 12.0 Å². The van der Waals surface area contributed by atoms with Gasteiger partial charge in [-0.1, -0.05) is 54.6 Å². The molecule has 2 aromatic rings. The number of rotatable bonds is 4. The monoisotopic (exact) mass is 239 g/mol. The molecule has 0 saturated carbocycles. The number of aryl methyl sites for hydroxylation is 1.